The highest BCUT2D eigenvalue weighted by molar-refractivity contribution is 6.31. The maximum Gasteiger partial charge on any atom is 0.291 e. The molecule has 3 aromatic rings. The summed E-state index contributed by atoms with van der Waals surface area (Å²) in [7, 11) is 0. The molecule has 7 heteroatoms. The van der Waals surface area contributed by atoms with Crippen molar-refractivity contribution in [3.05, 3.63) is 70.4 Å². The smallest absolute Gasteiger partial charge is 0.291 e. The van der Waals surface area contributed by atoms with E-state index in [1.165, 1.54) is 0 Å². The normalized spacial score (nSPS) is 14.1. The summed E-state index contributed by atoms with van der Waals surface area (Å²) < 4.78 is 11.1. The van der Waals surface area contributed by atoms with Crippen molar-refractivity contribution in [2.24, 2.45) is 0 Å². The molecule has 28 heavy (non-hydrogen) atoms. The van der Waals surface area contributed by atoms with Crippen molar-refractivity contribution >= 4 is 40.5 Å². The van der Waals surface area contributed by atoms with Gasteiger partial charge in [-0.25, -0.2) is 0 Å². The van der Waals surface area contributed by atoms with E-state index in [0.717, 1.165) is 24.3 Å². The van der Waals surface area contributed by atoms with Gasteiger partial charge in [-0.15, -0.1) is 0 Å². The minimum absolute atomic E-state index is 0.211. The minimum Gasteiger partial charge on any atom is -0.451 e. The molecule has 0 spiro atoms. The Kier molecular flexibility index (Phi) is 5.57. The summed E-state index contributed by atoms with van der Waals surface area (Å²) in [6, 6.07) is 16.1. The van der Waals surface area contributed by atoms with Crippen LogP contribution in [-0.2, 0) is 4.74 Å². The van der Waals surface area contributed by atoms with Crippen LogP contribution in [0.5, 0.6) is 0 Å². The summed E-state index contributed by atoms with van der Waals surface area (Å²) in [6.07, 6.45) is 0. The molecule has 1 saturated heterocycles. The molecule has 0 atom stereocenters. The number of morpholine rings is 1. The second-order valence-electron chi connectivity index (χ2n) is 6.39. The first-order chi connectivity index (χ1) is 13.6. The van der Waals surface area contributed by atoms with Crippen LogP contribution in [0.2, 0.25) is 10.0 Å². The Bertz CT molecular complexity index is 997. The zero-order valence-electron chi connectivity index (χ0n) is 15.0. The van der Waals surface area contributed by atoms with Crippen molar-refractivity contribution in [3.8, 4) is 11.3 Å². The van der Waals surface area contributed by atoms with Crippen LogP contribution in [0, 0.1) is 0 Å². The van der Waals surface area contributed by atoms with E-state index in [9.17, 15) is 4.79 Å². The molecule has 0 radical (unpaired) electrons. The number of anilines is 2. The first kappa shape index (κ1) is 18.9. The number of hydrogen-bond acceptors (Lipinski definition) is 4. The molecular formula is C21H18Cl2N2O3. The lowest BCUT2D eigenvalue weighted by Gasteiger charge is -2.30. The summed E-state index contributed by atoms with van der Waals surface area (Å²) in [4.78, 5) is 14.9. The van der Waals surface area contributed by atoms with Crippen molar-refractivity contribution in [2.45, 2.75) is 0 Å². The predicted molar refractivity (Wildman–Crippen MR) is 112 cm³/mol. The number of nitrogens with zero attached hydrogens (tertiary/aromatic N) is 1. The van der Waals surface area contributed by atoms with Gasteiger partial charge in [-0.05, 0) is 42.5 Å². The molecule has 1 aliphatic rings. The summed E-state index contributed by atoms with van der Waals surface area (Å²) in [5, 5.41) is 4.07. The number of halogens is 2. The first-order valence-corrected chi connectivity index (χ1v) is 9.65. The van der Waals surface area contributed by atoms with Crippen molar-refractivity contribution in [2.75, 3.05) is 36.5 Å². The van der Waals surface area contributed by atoms with Crippen LogP contribution in [0.3, 0.4) is 0 Å². The molecule has 1 N–H and O–H groups in total. The molecule has 1 amide bonds. The molecule has 1 aromatic heterocycles. The second-order valence-corrected chi connectivity index (χ2v) is 7.26. The van der Waals surface area contributed by atoms with Crippen LogP contribution < -0.4 is 10.2 Å². The summed E-state index contributed by atoms with van der Waals surface area (Å²) in [5.41, 5.74) is 2.35. The Morgan fingerprint density at radius 3 is 2.54 bits per heavy atom. The molecule has 2 aromatic carbocycles. The maximum atomic E-state index is 12.8. The van der Waals surface area contributed by atoms with Crippen LogP contribution >= 0.6 is 23.2 Å². The monoisotopic (exact) mass is 416 g/mol. The van der Waals surface area contributed by atoms with E-state index in [1.807, 2.05) is 24.3 Å². The highest BCUT2D eigenvalue weighted by Gasteiger charge is 2.19. The molecule has 144 valence electrons. The Balaban J connectivity index is 1.56. The molecule has 0 bridgehead atoms. The molecule has 1 fully saturated rings. The molecule has 2 heterocycles. The Labute approximate surface area is 172 Å². The molecule has 1 aliphatic heterocycles. The van der Waals surface area contributed by atoms with E-state index in [1.54, 1.807) is 30.3 Å². The van der Waals surface area contributed by atoms with Crippen LogP contribution in [0.1, 0.15) is 10.6 Å². The van der Waals surface area contributed by atoms with Crippen LogP contribution in [-0.4, -0.2) is 32.2 Å². The number of rotatable bonds is 4. The van der Waals surface area contributed by atoms with Gasteiger partial charge in [0, 0.05) is 28.7 Å². The summed E-state index contributed by atoms with van der Waals surface area (Å²) >= 11 is 12.2. The van der Waals surface area contributed by atoms with Gasteiger partial charge in [-0.1, -0.05) is 35.3 Å². The lowest BCUT2D eigenvalue weighted by atomic mass is 10.2. The Morgan fingerprint density at radius 1 is 0.964 bits per heavy atom. The van der Waals surface area contributed by atoms with Crippen molar-refractivity contribution < 1.29 is 13.9 Å². The lowest BCUT2D eigenvalue weighted by molar-refractivity contribution is 0.0997. The topological polar surface area (TPSA) is 54.7 Å². The highest BCUT2D eigenvalue weighted by atomic mass is 35.5. The van der Waals surface area contributed by atoms with Gasteiger partial charge in [0.15, 0.2) is 5.76 Å². The zero-order valence-corrected chi connectivity index (χ0v) is 16.5. The van der Waals surface area contributed by atoms with Crippen molar-refractivity contribution in [1.29, 1.82) is 0 Å². The fourth-order valence-electron chi connectivity index (χ4n) is 3.13. The SMILES string of the molecule is O=C(Nc1cc(Cl)ccc1N1CCOCC1)c1ccc(-c2cccc(Cl)c2)o1. The number of carbonyl (C=O) groups is 1. The molecule has 5 nitrogen and oxygen atoms in total. The number of ether oxygens (including phenoxy) is 1. The molecule has 0 aliphatic carbocycles. The number of nitrogens with one attached hydrogen (secondary N) is 1. The van der Waals surface area contributed by atoms with E-state index in [4.69, 9.17) is 32.4 Å². The Hall–Kier alpha value is -2.47. The molecule has 0 saturated carbocycles. The summed E-state index contributed by atoms with van der Waals surface area (Å²) in [5.74, 6) is 0.445. The largest absolute Gasteiger partial charge is 0.451 e. The summed E-state index contributed by atoms with van der Waals surface area (Å²) in [6.45, 7) is 2.81. The third-order valence-electron chi connectivity index (χ3n) is 4.50. The van der Waals surface area contributed by atoms with Gasteiger partial charge in [0.05, 0.1) is 24.6 Å². The average molecular weight is 417 g/mol. The second kappa shape index (κ2) is 8.27. The number of furan rings is 1. The first-order valence-electron chi connectivity index (χ1n) is 8.89. The average Bonchev–Trinajstić information content (AvgIpc) is 3.19. The van der Waals surface area contributed by atoms with E-state index in [-0.39, 0.29) is 11.7 Å². The van der Waals surface area contributed by atoms with Crippen LogP contribution in [0.25, 0.3) is 11.3 Å². The van der Waals surface area contributed by atoms with Crippen LogP contribution in [0.4, 0.5) is 11.4 Å². The number of benzene rings is 2. The third-order valence-corrected chi connectivity index (χ3v) is 4.97. The molecule has 0 unspecified atom stereocenters. The molecular weight excluding hydrogens is 399 g/mol. The van der Waals surface area contributed by atoms with E-state index in [0.29, 0.717) is 34.7 Å². The molecule has 4 rings (SSSR count). The van der Waals surface area contributed by atoms with Gasteiger partial charge in [0.2, 0.25) is 0 Å². The van der Waals surface area contributed by atoms with Crippen molar-refractivity contribution in [1.82, 2.24) is 0 Å². The third kappa shape index (κ3) is 4.17. The van der Waals surface area contributed by atoms with Gasteiger partial charge in [-0.2, -0.15) is 0 Å². The van der Waals surface area contributed by atoms with E-state index >= 15 is 0 Å². The van der Waals surface area contributed by atoms with E-state index < -0.39 is 0 Å². The van der Waals surface area contributed by atoms with Crippen molar-refractivity contribution in [3.63, 3.8) is 0 Å². The number of hydrogen-bond donors (Lipinski definition) is 1. The Morgan fingerprint density at radius 2 is 1.75 bits per heavy atom. The zero-order chi connectivity index (χ0) is 19.5. The van der Waals surface area contributed by atoms with Crippen LogP contribution in [0.15, 0.2) is 59.0 Å². The number of carbonyl (C=O) groups excluding carboxylic acids is 1. The van der Waals surface area contributed by atoms with Gasteiger partial charge < -0.3 is 19.4 Å². The van der Waals surface area contributed by atoms with Gasteiger partial charge in [0.1, 0.15) is 5.76 Å². The van der Waals surface area contributed by atoms with Gasteiger partial charge in [-0.3, -0.25) is 4.79 Å². The maximum absolute atomic E-state index is 12.8. The standard InChI is InChI=1S/C21H18Cl2N2O3/c22-15-3-1-2-14(12-15)19-6-7-20(28-19)21(26)24-17-13-16(23)4-5-18(17)25-8-10-27-11-9-25/h1-7,12-13H,8-11H2,(H,24,26). The fourth-order valence-corrected chi connectivity index (χ4v) is 3.49. The highest BCUT2D eigenvalue weighted by Crippen LogP contribution is 2.31. The lowest BCUT2D eigenvalue weighted by Crippen LogP contribution is -2.36. The fraction of sp³-hybridized carbons (Fsp3) is 0.190. The predicted octanol–water partition coefficient (Wildman–Crippen LogP) is 5.34. The number of amides is 1. The van der Waals surface area contributed by atoms with Gasteiger partial charge >= 0.3 is 0 Å². The minimum atomic E-state index is -0.343. The quantitative estimate of drug-likeness (QED) is 0.623. The van der Waals surface area contributed by atoms with Gasteiger partial charge in [0.25, 0.3) is 5.91 Å². The van der Waals surface area contributed by atoms with E-state index in [2.05, 4.69) is 10.2 Å².